The first-order valence-corrected chi connectivity index (χ1v) is 17.8. The predicted molar refractivity (Wildman–Crippen MR) is 182 cm³/mol. The summed E-state index contributed by atoms with van der Waals surface area (Å²) in [4.78, 5) is 12.1. The molecule has 0 aliphatic rings. The third-order valence-electron chi connectivity index (χ3n) is 9.73. The van der Waals surface area contributed by atoms with Gasteiger partial charge in [-0.15, -0.1) is 21.9 Å². The number of halogens is 22. The third-order valence-corrected chi connectivity index (χ3v) is 10.7. The number of para-hydroxylation sites is 1. The Morgan fingerprint density at radius 2 is 0.723 bits per heavy atom. The Hall–Kier alpha value is -6.60. The molecule has 340 valence electrons. The van der Waals surface area contributed by atoms with Crippen molar-refractivity contribution in [3.05, 3.63) is 182 Å². The zero-order valence-electron chi connectivity index (χ0n) is 30.5. The highest BCUT2D eigenvalue weighted by atomic mass is 32.1. The van der Waals surface area contributed by atoms with Crippen LogP contribution in [0.2, 0.25) is 0 Å². The molecule has 65 heavy (non-hydrogen) atoms. The lowest BCUT2D eigenvalue weighted by Crippen LogP contribution is -2.81. The van der Waals surface area contributed by atoms with E-state index in [0.29, 0.717) is 0 Å². The molecular formula is C39H10BF22NOS. The van der Waals surface area contributed by atoms with Crippen LogP contribution in [0.1, 0.15) is 10.4 Å². The zero-order chi connectivity index (χ0) is 48.5. The molecule has 0 N–H and O–H groups in total. The normalized spacial score (nSPS) is 11.7. The van der Waals surface area contributed by atoms with E-state index in [2.05, 4.69) is 0 Å². The maximum Gasteiger partial charge on any atom is 0.230 e. The Kier molecular flexibility index (Phi) is 12.8. The Labute approximate surface area is 349 Å². The van der Waals surface area contributed by atoms with E-state index in [1.807, 2.05) is 29.8 Å². The van der Waals surface area contributed by atoms with E-state index in [0.717, 1.165) is 22.3 Å². The van der Waals surface area contributed by atoms with Gasteiger partial charge in [0.25, 0.3) is 0 Å². The van der Waals surface area contributed by atoms with E-state index >= 15 is 35.1 Å². The van der Waals surface area contributed by atoms with Gasteiger partial charge in [0, 0.05) is 12.1 Å². The Bertz CT molecular complexity index is 2760. The number of benzene rings is 6. The fraction of sp³-hybridized carbons (Fsp3) is 0.0256. The molecule has 0 radical (unpaired) electrons. The summed E-state index contributed by atoms with van der Waals surface area (Å²) in [5.74, 6) is -73.3. The zero-order valence-corrected chi connectivity index (χ0v) is 31.3. The number of carbonyl (C=O) groups excluding carboxylic acids is 1. The summed E-state index contributed by atoms with van der Waals surface area (Å²) in [6.45, 7) is 0.0343. The van der Waals surface area contributed by atoms with E-state index in [-0.39, 0.29) is 17.9 Å². The number of ketones is 1. The molecule has 2 nitrogen and oxygen atoms in total. The van der Waals surface area contributed by atoms with Crippen molar-refractivity contribution in [2.24, 2.45) is 0 Å². The molecule has 1 heterocycles. The minimum Gasteiger partial charge on any atom is -0.287 e. The summed E-state index contributed by atoms with van der Waals surface area (Å²) in [7, 11) is 0. The first-order valence-electron chi connectivity index (χ1n) is 16.9. The standard InChI is InChI=1S/C24BF20.C15H10F2NOS/c26-5-1(6(27)14(35)21(42)13(5)34)25(2-7(28)15(36)22(43)16(37)8(2)29,3-9(30)17(38)23(44)18(39)10(3)31)4-11(32)19(40)24(45)20(41)12(4)33;16-10-5-6-11(12(17)7-10)14(19)8-18-9-20-15-4-2-1-3-13(15)18/h;1-7,9H,8H2/q-1;+1. The molecule has 0 aliphatic carbocycles. The number of carbonyl (C=O) groups is 1. The van der Waals surface area contributed by atoms with Crippen molar-refractivity contribution < 1.29 is 106 Å². The quantitative estimate of drug-likeness (QED) is 0.0390. The van der Waals surface area contributed by atoms with Gasteiger partial charge in [0.15, 0.2) is 69.8 Å². The number of fused-ring (bicyclic) bond motifs is 1. The van der Waals surface area contributed by atoms with E-state index < -0.39 is 156 Å². The third kappa shape index (κ3) is 7.39. The number of nitrogens with zero attached hydrogens (tertiary/aromatic N) is 1. The average Bonchev–Trinajstić information content (AvgIpc) is 3.68. The van der Waals surface area contributed by atoms with Crippen LogP contribution in [0.4, 0.5) is 96.6 Å². The van der Waals surface area contributed by atoms with Crippen LogP contribution in [-0.4, -0.2) is 11.9 Å². The van der Waals surface area contributed by atoms with E-state index in [4.69, 9.17) is 0 Å². The molecule has 0 unspecified atom stereocenters. The van der Waals surface area contributed by atoms with Gasteiger partial charge in [-0.05, 0) is 18.2 Å². The maximum absolute atomic E-state index is 15.4. The van der Waals surface area contributed by atoms with Crippen LogP contribution in [0.15, 0.2) is 48.0 Å². The molecule has 0 amide bonds. The molecule has 0 fully saturated rings. The van der Waals surface area contributed by atoms with Crippen LogP contribution in [0.5, 0.6) is 0 Å². The molecule has 7 rings (SSSR count). The van der Waals surface area contributed by atoms with Crippen molar-refractivity contribution in [2.45, 2.75) is 6.54 Å². The van der Waals surface area contributed by atoms with Crippen molar-refractivity contribution in [1.82, 2.24) is 0 Å². The predicted octanol–water partition coefficient (Wildman–Crippen LogP) is 9.20. The Morgan fingerprint density at radius 1 is 0.415 bits per heavy atom. The number of aromatic nitrogens is 1. The lowest BCUT2D eigenvalue weighted by molar-refractivity contribution is -0.652. The molecule has 7 aromatic rings. The molecule has 0 saturated heterocycles. The maximum atomic E-state index is 15.4. The van der Waals surface area contributed by atoms with E-state index in [9.17, 15) is 66.3 Å². The van der Waals surface area contributed by atoms with Gasteiger partial charge in [-0.1, -0.05) is 23.5 Å². The second kappa shape index (κ2) is 17.4. The first kappa shape index (κ1) is 47.9. The van der Waals surface area contributed by atoms with Crippen LogP contribution in [0.25, 0.3) is 10.2 Å². The number of Topliss-reactive ketones (excluding diaryl/α,β-unsaturated/α-hetero) is 1. The van der Waals surface area contributed by atoms with Gasteiger partial charge >= 0.3 is 0 Å². The van der Waals surface area contributed by atoms with Gasteiger partial charge in [0.05, 0.1) is 5.56 Å². The molecule has 1 aromatic heterocycles. The topological polar surface area (TPSA) is 20.9 Å². The smallest absolute Gasteiger partial charge is 0.230 e. The number of hydrogen-bond donors (Lipinski definition) is 0. The molecule has 0 saturated carbocycles. The van der Waals surface area contributed by atoms with Gasteiger partial charge in [0.2, 0.25) is 23.4 Å². The second-order valence-corrected chi connectivity index (χ2v) is 14.1. The SMILES string of the molecule is Fc1c(F)c(F)c([B-](c2c(F)c(F)c(F)c(F)c2F)(c2c(F)c(F)c(F)c(F)c2F)c2c(F)c(F)c(F)c(F)c2F)c(F)c1F.O=C(C[n+]1csc2ccccc21)c1ccc(F)cc1F. The largest absolute Gasteiger partial charge is 0.287 e. The van der Waals surface area contributed by atoms with Crippen LogP contribution >= 0.6 is 11.3 Å². The fourth-order valence-electron chi connectivity index (χ4n) is 6.92. The lowest BCUT2D eigenvalue weighted by atomic mass is 9.12. The van der Waals surface area contributed by atoms with Gasteiger partial charge in [-0.3, -0.25) is 4.79 Å². The van der Waals surface area contributed by atoms with Crippen molar-refractivity contribution in [3.63, 3.8) is 0 Å². The van der Waals surface area contributed by atoms with E-state index in [1.54, 1.807) is 4.57 Å². The highest BCUT2D eigenvalue weighted by Crippen LogP contribution is 2.31. The van der Waals surface area contributed by atoms with Crippen molar-refractivity contribution >= 4 is 55.3 Å². The molecule has 0 aliphatic heterocycles. The highest BCUT2D eigenvalue weighted by Gasteiger charge is 2.52. The molecular weight excluding hydrogens is 959 g/mol. The highest BCUT2D eigenvalue weighted by molar-refractivity contribution is 7.20. The van der Waals surface area contributed by atoms with E-state index in [1.165, 1.54) is 17.4 Å². The van der Waals surface area contributed by atoms with Crippen LogP contribution in [0, 0.1) is 128 Å². The average molecular weight is 969 g/mol. The first-order chi connectivity index (χ1) is 30.3. The van der Waals surface area contributed by atoms with Crippen LogP contribution in [0.3, 0.4) is 0 Å². The monoisotopic (exact) mass is 969 g/mol. The van der Waals surface area contributed by atoms with Crippen LogP contribution < -0.4 is 26.4 Å². The molecule has 26 heteroatoms. The lowest BCUT2D eigenvalue weighted by Gasteiger charge is -2.44. The molecule has 0 spiro atoms. The summed E-state index contributed by atoms with van der Waals surface area (Å²) in [5, 5.41) is 0. The molecule has 6 aromatic carbocycles. The van der Waals surface area contributed by atoms with Crippen molar-refractivity contribution in [1.29, 1.82) is 0 Å². The summed E-state index contributed by atoms with van der Waals surface area (Å²) in [6.07, 6.45) is -7.22. The summed E-state index contributed by atoms with van der Waals surface area (Å²) < 4.78 is 323. The van der Waals surface area contributed by atoms with Gasteiger partial charge < -0.3 is 0 Å². The van der Waals surface area contributed by atoms with Crippen LogP contribution in [-0.2, 0) is 6.54 Å². The summed E-state index contributed by atoms with van der Waals surface area (Å²) in [6, 6.07) is 10.7. The van der Waals surface area contributed by atoms with Gasteiger partial charge in [-0.2, -0.15) is 4.57 Å². The fourth-order valence-corrected chi connectivity index (χ4v) is 7.82. The summed E-state index contributed by atoms with van der Waals surface area (Å²) >= 11 is 1.51. The Balaban J connectivity index is 0.000000289. The minimum atomic E-state index is -7.22. The molecule has 0 atom stereocenters. The van der Waals surface area contributed by atoms with Gasteiger partial charge in [0.1, 0.15) is 69.0 Å². The molecule has 0 bridgehead atoms. The Morgan fingerprint density at radius 3 is 1.05 bits per heavy atom. The van der Waals surface area contributed by atoms with Crippen molar-refractivity contribution in [3.8, 4) is 0 Å². The second-order valence-electron chi connectivity index (χ2n) is 13.2. The summed E-state index contributed by atoms with van der Waals surface area (Å²) in [5.41, 5.74) is -11.7. The number of hydrogen-bond acceptors (Lipinski definition) is 2. The minimum absolute atomic E-state index is 0.0343. The van der Waals surface area contributed by atoms with Gasteiger partial charge in [-0.25, -0.2) is 96.6 Å². The van der Waals surface area contributed by atoms with Crippen molar-refractivity contribution in [2.75, 3.05) is 0 Å². The number of thiazole rings is 1. The number of rotatable bonds is 7.